The van der Waals surface area contributed by atoms with E-state index in [2.05, 4.69) is 0 Å². The molecule has 0 saturated carbocycles. The van der Waals surface area contributed by atoms with Crippen LogP contribution in [-0.2, 0) is 26.8 Å². The number of sulfone groups is 1. The molecule has 0 unspecified atom stereocenters. The average Bonchev–Trinajstić information content (AvgIpc) is 2.05. The molecule has 0 radical (unpaired) electrons. The fourth-order valence-electron chi connectivity index (χ4n) is 1.34. The molecule has 0 aliphatic rings. The van der Waals surface area contributed by atoms with E-state index in [0.717, 1.165) is 11.1 Å². The van der Waals surface area contributed by atoms with E-state index in [1.165, 1.54) is 13.2 Å². The summed E-state index contributed by atoms with van der Waals surface area (Å²) in [5, 5.41) is 0. The molecule has 1 aromatic rings. The summed E-state index contributed by atoms with van der Waals surface area (Å²) >= 11 is 0. The molecule has 3 nitrogen and oxygen atoms in total. The van der Waals surface area contributed by atoms with Crippen molar-refractivity contribution in [1.82, 2.24) is 0 Å². The summed E-state index contributed by atoms with van der Waals surface area (Å²) in [6, 6.07) is 7.09. The highest BCUT2D eigenvalue weighted by molar-refractivity contribution is 7.89. The fraction of sp³-hybridized carbons (Fsp3) is 0.364. The predicted molar refractivity (Wildman–Crippen MR) is 59.4 cm³/mol. The molecule has 0 amide bonds. The molecule has 0 fully saturated rings. The van der Waals surface area contributed by atoms with E-state index in [1.54, 1.807) is 24.3 Å². The quantitative estimate of drug-likeness (QED) is 0.779. The van der Waals surface area contributed by atoms with Gasteiger partial charge in [0.25, 0.3) is 0 Å². The zero-order valence-corrected chi connectivity index (χ0v) is 9.67. The summed E-state index contributed by atoms with van der Waals surface area (Å²) in [6.45, 7) is 1.53. The number of carbonyl (C=O) groups is 1. The van der Waals surface area contributed by atoms with Gasteiger partial charge >= 0.3 is 0 Å². The van der Waals surface area contributed by atoms with E-state index in [9.17, 15) is 13.2 Å². The molecule has 0 spiro atoms. The zero-order chi connectivity index (χ0) is 11.5. The number of hydrogen-bond acceptors (Lipinski definition) is 3. The first-order valence-corrected chi connectivity index (χ1v) is 6.68. The van der Waals surface area contributed by atoms with Gasteiger partial charge in [-0.3, -0.25) is 4.79 Å². The van der Waals surface area contributed by atoms with E-state index in [1.807, 2.05) is 0 Å². The van der Waals surface area contributed by atoms with Gasteiger partial charge in [-0.25, -0.2) is 8.42 Å². The zero-order valence-electron chi connectivity index (χ0n) is 8.86. The molecule has 0 aliphatic heterocycles. The van der Waals surface area contributed by atoms with Crippen molar-refractivity contribution in [3.05, 3.63) is 35.4 Å². The average molecular weight is 226 g/mol. The molecule has 15 heavy (non-hydrogen) atoms. The third-order valence-electron chi connectivity index (χ3n) is 1.90. The molecule has 0 saturated heterocycles. The van der Waals surface area contributed by atoms with E-state index in [0.29, 0.717) is 6.42 Å². The Bertz CT molecular complexity index is 443. The van der Waals surface area contributed by atoms with Gasteiger partial charge in [-0.15, -0.1) is 0 Å². The Morgan fingerprint density at radius 2 is 1.60 bits per heavy atom. The molecule has 82 valence electrons. The molecule has 0 aliphatic carbocycles. The maximum Gasteiger partial charge on any atom is 0.151 e. The second-order valence-electron chi connectivity index (χ2n) is 3.77. The summed E-state index contributed by atoms with van der Waals surface area (Å²) in [5.74, 6) is 0.152. The summed E-state index contributed by atoms with van der Waals surface area (Å²) in [4.78, 5) is 10.8. The van der Waals surface area contributed by atoms with Crippen LogP contribution >= 0.6 is 0 Å². The third-order valence-corrected chi connectivity index (χ3v) is 2.76. The number of hydrogen-bond donors (Lipinski definition) is 0. The normalized spacial score (nSPS) is 11.3. The van der Waals surface area contributed by atoms with Crippen LogP contribution in [0.25, 0.3) is 0 Å². The van der Waals surface area contributed by atoms with Gasteiger partial charge in [-0.2, -0.15) is 0 Å². The lowest BCUT2D eigenvalue weighted by atomic mass is 10.1. The lowest BCUT2D eigenvalue weighted by Crippen LogP contribution is -2.01. The number of rotatable bonds is 4. The largest absolute Gasteiger partial charge is 0.300 e. The Morgan fingerprint density at radius 1 is 1.13 bits per heavy atom. The highest BCUT2D eigenvalue weighted by Crippen LogP contribution is 2.08. The van der Waals surface area contributed by atoms with Gasteiger partial charge in [0, 0.05) is 12.7 Å². The first-order chi connectivity index (χ1) is 6.87. The second kappa shape index (κ2) is 4.57. The van der Waals surface area contributed by atoms with Gasteiger partial charge in [0.15, 0.2) is 9.84 Å². The van der Waals surface area contributed by atoms with Crippen LogP contribution in [0, 0.1) is 0 Å². The van der Waals surface area contributed by atoms with Crippen molar-refractivity contribution >= 4 is 15.6 Å². The van der Waals surface area contributed by atoms with Crippen molar-refractivity contribution < 1.29 is 13.2 Å². The molecule has 0 atom stereocenters. The number of benzene rings is 1. The minimum atomic E-state index is -2.98. The van der Waals surface area contributed by atoms with E-state index >= 15 is 0 Å². The maximum absolute atomic E-state index is 11.0. The maximum atomic E-state index is 11.0. The Kier molecular flexibility index (Phi) is 3.63. The Hall–Kier alpha value is -1.16. The van der Waals surface area contributed by atoms with E-state index in [4.69, 9.17) is 0 Å². The predicted octanol–water partition coefficient (Wildman–Crippen LogP) is 1.36. The van der Waals surface area contributed by atoms with Crippen LogP contribution in [-0.4, -0.2) is 20.5 Å². The molecule has 0 bridgehead atoms. The third kappa shape index (κ3) is 4.74. The standard InChI is InChI=1S/C11H14O3S/c1-9(12)7-10-3-5-11(6-4-10)8-15(2,13)14/h3-6H,7-8H2,1-2H3. The van der Waals surface area contributed by atoms with Gasteiger partial charge in [0.2, 0.25) is 0 Å². The first-order valence-electron chi connectivity index (χ1n) is 4.62. The Balaban J connectivity index is 2.77. The van der Waals surface area contributed by atoms with Crippen LogP contribution in [0.2, 0.25) is 0 Å². The van der Waals surface area contributed by atoms with Crippen molar-refractivity contribution in [2.75, 3.05) is 6.26 Å². The molecule has 0 N–H and O–H groups in total. The van der Waals surface area contributed by atoms with Gasteiger partial charge in [-0.1, -0.05) is 24.3 Å². The Labute approximate surface area is 90.0 Å². The van der Waals surface area contributed by atoms with Crippen molar-refractivity contribution in [1.29, 1.82) is 0 Å². The first kappa shape index (κ1) is 11.9. The molecule has 1 rings (SSSR count). The number of Topliss-reactive ketones (excluding diaryl/α,β-unsaturated/α-hetero) is 1. The monoisotopic (exact) mass is 226 g/mol. The molecule has 4 heteroatoms. The second-order valence-corrected chi connectivity index (χ2v) is 5.91. The van der Waals surface area contributed by atoms with Crippen LogP contribution in [0.1, 0.15) is 18.1 Å². The fourth-order valence-corrected chi connectivity index (χ4v) is 2.14. The topological polar surface area (TPSA) is 51.2 Å². The molecular formula is C11H14O3S. The molecule has 1 aromatic carbocycles. The van der Waals surface area contributed by atoms with Crippen molar-refractivity contribution in [3.8, 4) is 0 Å². The molecule has 0 aromatic heterocycles. The van der Waals surface area contributed by atoms with E-state index < -0.39 is 9.84 Å². The van der Waals surface area contributed by atoms with Gasteiger partial charge < -0.3 is 0 Å². The summed E-state index contributed by atoms with van der Waals surface area (Å²) in [7, 11) is -2.98. The summed E-state index contributed by atoms with van der Waals surface area (Å²) < 4.78 is 22.0. The van der Waals surface area contributed by atoms with Gasteiger partial charge in [-0.05, 0) is 18.1 Å². The molecule has 0 heterocycles. The summed E-state index contributed by atoms with van der Waals surface area (Å²) in [5.41, 5.74) is 1.67. The SMILES string of the molecule is CC(=O)Cc1ccc(CS(C)(=O)=O)cc1. The molecular weight excluding hydrogens is 212 g/mol. The van der Waals surface area contributed by atoms with Crippen LogP contribution in [0.3, 0.4) is 0 Å². The van der Waals surface area contributed by atoms with Crippen LogP contribution in [0.15, 0.2) is 24.3 Å². The lowest BCUT2D eigenvalue weighted by Gasteiger charge is -2.01. The van der Waals surface area contributed by atoms with E-state index in [-0.39, 0.29) is 11.5 Å². The van der Waals surface area contributed by atoms with Crippen molar-refractivity contribution in [2.24, 2.45) is 0 Å². The minimum Gasteiger partial charge on any atom is -0.300 e. The van der Waals surface area contributed by atoms with Crippen molar-refractivity contribution in [2.45, 2.75) is 19.1 Å². The van der Waals surface area contributed by atoms with Crippen LogP contribution in [0.5, 0.6) is 0 Å². The highest BCUT2D eigenvalue weighted by atomic mass is 32.2. The van der Waals surface area contributed by atoms with Gasteiger partial charge in [0.05, 0.1) is 5.75 Å². The minimum absolute atomic E-state index is 0.0490. The van der Waals surface area contributed by atoms with Crippen LogP contribution < -0.4 is 0 Å². The number of carbonyl (C=O) groups excluding carboxylic acids is 1. The van der Waals surface area contributed by atoms with Crippen LogP contribution in [0.4, 0.5) is 0 Å². The lowest BCUT2D eigenvalue weighted by molar-refractivity contribution is -0.116. The summed E-state index contributed by atoms with van der Waals surface area (Å²) in [6.07, 6.45) is 1.61. The Morgan fingerprint density at radius 3 is 2.00 bits per heavy atom. The van der Waals surface area contributed by atoms with Crippen molar-refractivity contribution in [3.63, 3.8) is 0 Å². The van der Waals surface area contributed by atoms with Gasteiger partial charge in [0.1, 0.15) is 5.78 Å². The number of ketones is 1. The highest BCUT2D eigenvalue weighted by Gasteiger charge is 2.04. The smallest absolute Gasteiger partial charge is 0.151 e.